The Balaban J connectivity index is 2.10. The molecule has 1 fully saturated rings. The molecule has 14 heavy (non-hydrogen) atoms. The molecular weight excluding hydrogens is 196 g/mol. The third-order valence-corrected chi connectivity index (χ3v) is 4.44. The molecule has 0 aromatic carbocycles. The average molecular weight is 212 g/mol. The van der Waals surface area contributed by atoms with Crippen molar-refractivity contribution in [2.75, 3.05) is 12.4 Å². The zero-order chi connectivity index (χ0) is 10.0. The Bertz CT molecular complexity index is 264. The molecule has 2 nitrogen and oxygen atoms in total. The topological polar surface area (TPSA) is 26.3 Å². The Labute approximate surface area is 89.1 Å². The van der Waals surface area contributed by atoms with Crippen LogP contribution in [0, 0.1) is 0 Å². The van der Waals surface area contributed by atoms with Crippen molar-refractivity contribution in [1.29, 1.82) is 0 Å². The van der Waals surface area contributed by atoms with Gasteiger partial charge in [0.15, 0.2) is 5.78 Å². The molecule has 1 atom stereocenters. The summed E-state index contributed by atoms with van der Waals surface area (Å²) in [4.78, 5) is 12.2. The highest BCUT2D eigenvalue weighted by Crippen LogP contribution is 2.40. The summed E-state index contributed by atoms with van der Waals surface area (Å²) >= 11 is 1.80. The number of rotatable bonds is 2. The van der Waals surface area contributed by atoms with Crippen LogP contribution >= 0.6 is 11.8 Å². The zero-order valence-electron chi connectivity index (χ0n) is 8.54. The number of ketones is 1. The fourth-order valence-corrected chi connectivity index (χ4v) is 3.32. The minimum atomic E-state index is -0.160. The summed E-state index contributed by atoms with van der Waals surface area (Å²) in [6.45, 7) is 2.84. The van der Waals surface area contributed by atoms with Gasteiger partial charge in [-0.1, -0.05) is 0 Å². The van der Waals surface area contributed by atoms with Gasteiger partial charge in [-0.25, -0.2) is 0 Å². The van der Waals surface area contributed by atoms with Crippen LogP contribution in [0.1, 0.15) is 32.6 Å². The minimum Gasteiger partial charge on any atom is -0.501 e. The fraction of sp³-hybridized carbons (Fsp3) is 0.727. The van der Waals surface area contributed by atoms with Crippen molar-refractivity contribution in [2.24, 2.45) is 0 Å². The Morgan fingerprint density at radius 3 is 3.00 bits per heavy atom. The molecule has 2 heterocycles. The number of hydrogen-bond donors (Lipinski definition) is 0. The maximum absolute atomic E-state index is 12.2. The van der Waals surface area contributed by atoms with Crippen molar-refractivity contribution in [3.8, 4) is 0 Å². The molecule has 0 spiro atoms. The van der Waals surface area contributed by atoms with Gasteiger partial charge in [0.2, 0.25) is 0 Å². The second-order valence-corrected chi connectivity index (χ2v) is 5.73. The molecule has 0 aromatic rings. The molecule has 0 saturated carbocycles. The highest BCUT2D eigenvalue weighted by molar-refractivity contribution is 8.01. The van der Waals surface area contributed by atoms with Gasteiger partial charge in [0.1, 0.15) is 0 Å². The van der Waals surface area contributed by atoms with E-state index in [1.54, 1.807) is 18.0 Å². The largest absolute Gasteiger partial charge is 0.501 e. The third-order valence-electron chi connectivity index (χ3n) is 2.92. The van der Waals surface area contributed by atoms with E-state index in [0.29, 0.717) is 5.78 Å². The van der Waals surface area contributed by atoms with Crippen molar-refractivity contribution in [1.82, 2.24) is 0 Å². The van der Waals surface area contributed by atoms with E-state index in [1.165, 1.54) is 6.42 Å². The van der Waals surface area contributed by atoms with Gasteiger partial charge in [0.05, 0.1) is 17.6 Å². The lowest BCUT2D eigenvalue weighted by Gasteiger charge is -2.23. The van der Waals surface area contributed by atoms with E-state index in [9.17, 15) is 4.79 Å². The lowest BCUT2D eigenvalue weighted by molar-refractivity contribution is -0.117. The number of hydrogen-bond acceptors (Lipinski definition) is 3. The van der Waals surface area contributed by atoms with Gasteiger partial charge in [-0.2, -0.15) is 0 Å². The van der Waals surface area contributed by atoms with Crippen LogP contribution in [0.4, 0.5) is 0 Å². The summed E-state index contributed by atoms with van der Waals surface area (Å²) < 4.78 is 5.06. The molecule has 0 bridgehead atoms. The Kier molecular flexibility index (Phi) is 2.86. The van der Waals surface area contributed by atoms with Gasteiger partial charge in [-0.05, 0) is 38.4 Å². The summed E-state index contributed by atoms with van der Waals surface area (Å²) in [6, 6.07) is 0. The number of Topliss-reactive ketones (excluding diaryl/α,β-unsaturated/α-hetero) is 1. The standard InChI is InChI=1S/C11H16O2S/c1-11(5-3-7-14-11)10(12)9-4-2-6-13-8-9/h8H,2-7H2,1H3. The molecule has 2 aliphatic rings. The van der Waals surface area contributed by atoms with E-state index in [4.69, 9.17) is 4.74 Å². The van der Waals surface area contributed by atoms with Crippen molar-refractivity contribution in [3.05, 3.63) is 11.8 Å². The van der Waals surface area contributed by atoms with E-state index >= 15 is 0 Å². The van der Waals surface area contributed by atoms with Crippen molar-refractivity contribution >= 4 is 17.5 Å². The van der Waals surface area contributed by atoms with Crippen molar-refractivity contribution < 1.29 is 9.53 Å². The molecule has 3 heteroatoms. The van der Waals surface area contributed by atoms with Gasteiger partial charge >= 0.3 is 0 Å². The Morgan fingerprint density at radius 1 is 1.57 bits per heavy atom. The molecule has 1 saturated heterocycles. The summed E-state index contributed by atoms with van der Waals surface area (Å²) in [5.74, 6) is 1.43. The van der Waals surface area contributed by atoms with Crippen LogP contribution in [0.15, 0.2) is 11.8 Å². The fourth-order valence-electron chi connectivity index (χ4n) is 2.03. The van der Waals surface area contributed by atoms with E-state index < -0.39 is 0 Å². The van der Waals surface area contributed by atoms with Crippen molar-refractivity contribution in [2.45, 2.75) is 37.4 Å². The quantitative estimate of drug-likeness (QED) is 0.703. The maximum Gasteiger partial charge on any atom is 0.177 e. The SMILES string of the molecule is CC1(C(=O)C2=COCCC2)CCCS1. The van der Waals surface area contributed by atoms with Gasteiger partial charge in [-0.3, -0.25) is 4.79 Å². The summed E-state index contributed by atoms with van der Waals surface area (Å²) in [5, 5.41) is 0. The van der Waals surface area contributed by atoms with E-state index in [-0.39, 0.29) is 4.75 Å². The maximum atomic E-state index is 12.2. The van der Waals surface area contributed by atoms with Crippen molar-refractivity contribution in [3.63, 3.8) is 0 Å². The minimum absolute atomic E-state index is 0.160. The molecule has 0 aromatic heterocycles. The summed E-state index contributed by atoms with van der Waals surface area (Å²) in [6.07, 6.45) is 5.75. The van der Waals surface area contributed by atoms with Crippen LogP contribution in [0.5, 0.6) is 0 Å². The molecular formula is C11H16O2S. The number of thioether (sulfide) groups is 1. The normalized spacial score (nSPS) is 32.2. The first kappa shape index (κ1) is 10.1. The molecule has 0 N–H and O–H groups in total. The molecule has 78 valence electrons. The zero-order valence-corrected chi connectivity index (χ0v) is 9.36. The second kappa shape index (κ2) is 3.97. The van der Waals surface area contributed by atoms with E-state index in [1.807, 2.05) is 0 Å². The average Bonchev–Trinajstić information content (AvgIpc) is 2.67. The Morgan fingerprint density at radius 2 is 2.43 bits per heavy atom. The van der Waals surface area contributed by atoms with Gasteiger partial charge in [0.25, 0.3) is 0 Å². The van der Waals surface area contributed by atoms with Gasteiger partial charge in [0, 0.05) is 5.57 Å². The first-order valence-corrected chi connectivity index (χ1v) is 6.20. The molecule has 0 radical (unpaired) electrons. The lowest BCUT2D eigenvalue weighted by atomic mass is 9.92. The van der Waals surface area contributed by atoms with Gasteiger partial charge < -0.3 is 4.74 Å². The van der Waals surface area contributed by atoms with Crippen LogP contribution in [0.25, 0.3) is 0 Å². The number of allylic oxidation sites excluding steroid dienone is 1. The predicted molar refractivity (Wildman–Crippen MR) is 58.4 cm³/mol. The van der Waals surface area contributed by atoms with E-state index in [2.05, 4.69) is 6.92 Å². The second-order valence-electron chi connectivity index (χ2n) is 4.13. The molecule has 0 aliphatic carbocycles. The van der Waals surface area contributed by atoms with Crippen LogP contribution in [-0.4, -0.2) is 22.9 Å². The van der Waals surface area contributed by atoms with Crippen LogP contribution in [-0.2, 0) is 9.53 Å². The first-order valence-electron chi connectivity index (χ1n) is 5.22. The lowest BCUT2D eigenvalue weighted by Crippen LogP contribution is -2.31. The van der Waals surface area contributed by atoms with Gasteiger partial charge in [-0.15, -0.1) is 11.8 Å². The van der Waals surface area contributed by atoms with Crippen LogP contribution in [0.3, 0.4) is 0 Å². The van der Waals surface area contributed by atoms with Crippen LogP contribution < -0.4 is 0 Å². The molecule has 2 aliphatic heterocycles. The monoisotopic (exact) mass is 212 g/mol. The number of ether oxygens (including phenoxy) is 1. The summed E-state index contributed by atoms with van der Waals surface area (Å²) in [7, 11) is 0. The molecule has 1 unspecified atom stereocenters. The van der Waals surface area contributed by atoms with E-state index in [0.717, 1.165) is 37.2 Å². The third kappa shape index (κ3) is 1.83. The van der Waals surface area contributed by atoms with Crippen LogP contribution in [0.2, 0.25) is 0 Å². The highest BCUT2D eigenvalue weighted by atomic mass is 32.2. The summed E-state index contributed by atoms with van der Waals surface area (Å²) in [5.41, 5.74) is 0.896. The Hall–Kier alpha value is -0.440. The number of carbonyl (C=O) groups is 1. The number of carbonyl (C=O) groups excluding carboxylic acids is 1. The predicted octanol–water partition coefficient (Wildman–Crippen LogP) is 2.54. The highest BCUT2D eigenvalue weighted by Gasteiger charge is 2.38. The molecule has 0 amide bonds. The first-order chi connectivity index (χ1) is 6.72. The molecule has 2 rings (SSSR count). The smallest absolute Gasteiger partial charge is 0.177 e.